The summed E-state index contributed by atoms with van der Waals surface area (Å²) >= 11 is -2.25. The van der Waals surface area contributed by atoms with Crippen LogP contribution in [-0.2, 0) is 11.1 Å². The lowest BCUT2D eigenvalue weighted by Crippen LogP contribution is -1.93. The number of rotatable bonds is 2. The third-order valence-electron chi connectivity index (χ3n) is 1.19. The summed E-state index contributed by atoms with van der Waals surface area (Å²) in [6.07, 6.45) is -0.635. The van der Waals surface area contributed by atoms with E-state index in [2.05, 4.69) is 4.98 Å². The fourth-order valence-corrected chi connectivity index (χ4v) is 1.04. The molecule has 1 unspecified atom stereocenters. The van der Waals surface area contributed by atoms with Crippen LogP contribution in [0.15, 0.2) is 23.4 Å². The van der Waals surface area contributed by atoms with Gasteiger partial charge in [-0.3, -0.25) is 4.98 Å². The van der Waals surface area contributed by atoms with Gasteiger partial charge in [-0.25, -0.2) is 13.0 Å². The van der Waals surface area contributed by atoms with Crippen molar-refractivity contribution in [2.24, 2.45) is 0 Å². The van der Waals surface area contributed by atoms with Gasteiger partial charge in [0.05, 0.1) is 4.90 Å². The van der Waals surface area contributed by atoms with E-state index in [1.807, 2.05) is 0 Å². The summed E-state index contributed by atoms with van der Waals surface area (Å²) < 4.78 is 42.9. The van der Waals surface area contributed by atoms with Crippen LogP contribution in [0.4, 0.5) is 8.78 Å². The molecule has 0 spiro atoms. The Balaban J connectivity index is 3.04. The molecular weight excluding hydrogens is 188 g/mol. The molecule has 0 aliphatic carbocycles. The van der Waals surface area contributed by atoms with Gasteiger partial charge in [0.25, 0.3) is 6.43 Å². The first kappa shape index (κ1) is 9.21. The zero-order chi connectivity index (χ0) is 9.14. The maximum atomic E-state index is 12.0. The van der Waals surface area contributed by atoms with Crippen molar-refractivity contribution < 1.29 is 17.5 Å². The lowest BCUT2D eigenvalue weighted by Gasteiger charge is -1.99. The lowest BCUT2D eigenvalue weighted by atomic mass is 10.3. The van der Waals surface area contributed by atoms with E-state index in [0.717, 1.165) is 18.5 Å². The Labute approximate surface area is 69.7 Å². The molecule has 1 aromatic rings. The van der Waals surface area contributed by atoms with E-state index < -0.39 is 17.5 Å². The summed E-state index contributed by atoms with van der Waals surface area (Å²) in [5.74, 6) is 0. The number of halogens is 2. The molecule has 1 heterocycles. The van der Waals surface area contributed by atoms with Gasteiger partial charge in [0.1, 0.15) is 0 Å². The van der Waals surface area contributed by atoms with Crippen LogP contribution in [0.3, 0.4) is 0 Å². The lowest BCUT2D eigenvalue weighted by molar-refractivity contribution is 0.150. The normalized spacial score (nSPS) is 13.3. The highest BCUT2D eigenvalue weighted by atomic mass is 32.2. The second kappa shape index (κ2) is 3.68. The van der Waals surface area contributed by atoms with Crippen LogP contribution in [0.25, 0.3) is 0 Å². The average Bonchev–Trinajstić information content (AvgIpc) is 2.04. The monoisotopic (exact) mass is 193 g/mol. The number of pyridine rings is 1. The minimum Gasteiger partial charge on any atom is -0.302 e. The molecule has 0 aliphatic heterocycles. The first-order valence-corrected chi connectivity index (χ1v) is 4.06. The maximum absolute atomic E-state index is 12.0. The van der Waals surface area contributed by atoms with Crippen molar-refractivity contribution in [3.63, 3.8) is 0 Å². The predicted molar refractivity (Wildman–Crippen MR) is 38.2 cm³/mol. The maximum Gasteiger partial charge on any atom is 0.265 e. The van der Waals surface area contributed by atoms with Crippen LogP contribution >= 0.6 is 0 Å². The Hall–Kier alpha value is -0.880. The quantitative estimate of drug-likeness (QED) is 0.726. The molecule has 1 atom stereocenters. The van der Waals surface area contributed by atoms with Crippen LogP contribution in [0.2, 0.25) is 0 Å². The van der Waals surface area contributed by atoms with Gasteiger partial charge in [-0.05, 0) is 6.07 Å². The molecule has 0 saturated carbocycles. The van der Waals surface area contributed by atoms with Gasteiger partial charge in [0, 0.05) is 18.0 Å². The molecule has 1 rings (SSSR count). The molecule has 0 radical (unpaired) electrons. The van der Waals surface area contributed by atoms with Gasteiger partial charge >= 0.3 is 0 Å². The van der Waals surface area contributed by atoms with E-state index in [4.69, 9.17) is 4.55 Å². The smallest absolute Gasteiger partial charge is 0.265 e. The molecule has 0 bridgehead atoms. The van der Waals surface area contributed by atoms with Crippen molar-refractivity contribution >= 4 is 11.1 Å². The highest BCUT2D eigenvalue weighted by molar-refractivity contribution is 7.79. The van der Waals surface area contributed by atoms with Gasteiger partial charge in [0.2, 0.25) is 0 Å². The van der Waals surface area contributed by atoms with E-state index >= 15 is 0 Å². The third-order valence-corrected chi connectivity index (χ3v) is 1.81. The van der Waals surface area contributed by atoms with E-state index in [-0.39, 0.29) is 10.5 Å². The Morgan fingerprint density at radius 2 is 2.17 bits per heavy atom. The molecule has 1 aromatic heterocycles. The van der Waals surface area contributed by atoms with E-state index in [1.165, 1.54) is 0 Å². The minimum absolute atomic E-state index is 0.118. The highest BCUT2D eigenvalue weighted by Gasteiger charge is 2.09. The number of hydrogen-bond donors (Lipinski definition) is 1. The molecule has 12 heavy (non-hydrogen) atoms. The topological polar surface area (TPSA) is 50.2 Å². The summed E-state index contributed by atoms with van der Waals surface area (Å²) in [6, 6.07) is 0.952. The minimum atomic E-state index is -2.67. The molecular formula is C6H5F2NO2S. The summed E-state index contributed by atoms with van der Waals surface area (Å²) in [5.41, 5.74) is -0.352. The van der Waals surface area contributed by atoms with Crippen molar-refractivity contribution in [3.8, 4) is 0 Å². The summed E-state index contributed by atoms with van der Waals surface area (Å²) in [6.45, 7) is 0. The van der Waals surface area contributed by atoms with Crippen LogP contribution in [0.5, 0.6) is 0 Å². The molecule has 6 heteroatoms. The van der Waals surface area contributed by atoms with Gasteiger partial charge < -0.3 is 4.55 Å². The Kier molecular flexibility index (Phi) is 2.83. The molecule has 3 nitrogen and oxygen atoms in total. The SMILES string of the molecule is O=S(O)c1cncc(C(F)F)c1. The van der Waals surface area contributed by atoms with Crippen LogP contribution in [0, 0.1) is 0 Å². The fraction of sp³-hybridized carbons (Fsp3) is 0.167. The zero-order valence-corrected chi connectivity index (χ0v) is 6.59. The summed E-state index contributed by atoms with van der Waals surface area (Å²) in [4.78, 5) is 3.28. The number of aromatic nitrogens is 1. The number of nitrogens with zero attached hydrogens (tertiary/aromatic N) is 1. The van der Waals surface area contributed by atoms with Crippen LogP contribution in [0.1, 0.15) is 12.0 Å². The average molecular weight is 193 g/mol. The zero-order valence-electron chi connectivity index (χ0n) is 5.78. The first-order valence-electron chi connectivity index (χ1n) is 2.95. The fourth-order valence-electron chi connectivity index (χ4n) is 0.650. The Bertz CT molecular complexity index is 305. The molecule has 1 N–H and O–H groups in total. The van der Waals surface area contributed by atoms with E-state index in [0.29, 0.717) is 0 Å². The molecule has 66 valence electrons. The van der Waals surface area contributed by atoms with Crippen molar-refractivity contribution in [1.29, 1.82) is 0 Å². The molecule has 0 saturated heterocycles. The molecule has 0 aliphatic rings. The Morgan fingerprint density at radius 1 is 1.50 bits per heavy atom. The van der Waals surface area contributed by atoms with Crippen molar-refractivity contribution in [1.82, 2.24) is 4.98 Å². The largest absolute Gasteiger partial charge is 0.302 e. The van der Waals surface area contributed by atoms with Crippen molar-refractivity contribution in [2.45, 2.75) is 11.3 Å². The summed E-state index contributed by atoms with van der Waals surface area (Å²) in [5, 5.41) is 0. The second-order valence-electron chi connectivity index (χ2n) is 2.00. The number of hydrogen-bond acceptors (Lipinski definition) is 2. The van der Waals surface area contributed by atoms with Gasteiger partial charge in [-0.1, -0.05) is 0 Å². The standard InChI is InChI=1S/C6H5F2NO2S/c7-6(8)4-1-5(12(10)11)3-9-2-4/h1-3,6H,(H,10,11). The van der Waals surface area contributed by atoms with Gasteiger partial charge in [-0.15, -0.1) is 0 Å². The second-order valence-corrected chi connectivity index (χ2v) is 2.97. The third kappa shape index (κ3) is 2.05. The van der Waals surface area contributed by atoms with Crippen LogP contribution in [-0.4, -0.2) is 13.7 Å². The molecule has 0 fully saturated rings. The Morgan fingerprint density at radius 3 is 2.67 bits per heavy atom. The van der Waals surface area contributed by atoms with Gasteiger partial charge in [0.15, 0.2) is 11.1 Å². The van der Waals surface area contributed by atoms with Crippen LogP contribution < -0.4 is 0 Å². The van der Waals surface area contributed by atoms with Gasteiger partial charge in [-0.2, -0.15) is 0 Å². The molecule has 0 aromatic carbocycles. The first-order chi connectivity index (χ1) is 5.61. The highest BCUT2D eigenvalue weighted by Crippen LogP contribution is 2.18. The molecule has 0 amide bonds. The number of alkyl halides is 2. The summed E-state index contributed by atoms with van der Waals surface area (Å²) in [7, 11) is 0. The van der Waals surface area contributed by atoms with E-state index in [9.17, 15) is 13.0 Å². The van der Waals surface area contributed by atoms with Crippen molar-refractivity contribution in [2.75, 3.05) is 0 Å². The van der Waals surface area contributed by atoms with Crippen molar-refractivity contribution in [3.05, 3.63) is 24.0 Å². The van der Waals surface area contributed by atoms with E-state index in [1.54, 1.807) is 0 Å². The predicted octanol–water partition coefficient (Wildman–Crippen LogP) is 1.60.